The first-order valence-electron chi connectivity index (χ1n) is 8.58. The van der Waals surface area contributed by atoms with Gasteiger partial charge >= 0.3 is 0 Å². The zero-order valence-corrected chi connectivity index (χ0v) is 14.7. The van der Waals surface area contributed by atoms with Crippen LogP contribution >= 0.6 is 0 Å². The number of rotatable bonds is 7. The van der Waals surface area contributed by atoms with Crippen LogP contribution in [-0.2, 0) is 9.59 Å². The first kappa shape index (κ1) is 17.5. The smallest absolute Gasteiger partial charge is 0.240 e. The quantitative estimate of drug-likeness (QED) is 0.778. The Bertz CT molecular complexity index is 576. The molecule has 23 heavy (non-hydrogen) atoms. The Labute approximate surface area is 139 Å². The normalized spacial score (nSPS) is 15.3. The molecule has 4 heteroatoms. The van der Waals surface area contributed by atoms with Crippen LogP contribution < -0.4 is 5.32 Å². The third-order valence-corrected chi connectivity index (χ3v) is 4.62. The van der Waals surface area contributed by atoms with E-state index in [2.05, 4.69) is 26.1 Å². The highest BCUT2D eigenvalue weighted by Gasteiger charge is 2.57. The first-order valence-corrected chi connectivity index (χ1v) is 8.58. The summed E-state index contributed by atoms with van der Waals surface area (Å²) in [5.41, 5.74) is 1.08. The number of amides is 2. The lowest BCUT2D eigenvalue weighted by molar-refractivity contribution is -0.141. The average molecular weight is 316 g/mol. The molecule has 0 radical (unpaired) electrons. The van der Waals surface area contributed by atoms with Crippen LogP contribution in [0.2, 0.25) is 0 Å². The van der Waals surface area contributed by atoms with Crippen molar-refractivity contribution in [1.82, 2.24) is 4.90 Å². The van der Waals surface area contributed by atoms with Gasteiger partial charge in [0.15, 0.2) is 0 Å². The van der Waals surface area contributed by atoms with E-state index in [9.17, 15) is 9.59 Å². The van der Waals surface area contributed by atoms with Crippen molar-refractivity contribution >= 4 is 17.5 Å². The third kappa shape index (κ3) is 3.74. The molecule has 1 N–H and O–H groups in total. The summed E-state index contributed by atoms with van der Waals surface area (Å²) in [5, 5.41) is 3.00. The van der Waals surface area contributed by atoms with Gasteiger partial charge in [0, 0.05) is 19.3 Å². The van der Waals surface area contributed by atoms with E-state index in [0.717, 1.165) is 24.1 Å². The van der Waals surface area contributed by atoms with Crippen LogP contribution in [-0.4, -0.2) is 30.3 Å². The molecule has 0 spiro atoms. The van der Waals surface area contributed by atoms with Crippen LogP contribution in [0.4, 0.5) is 5.69 Å². The summed E-state index contributed by atoms with van der Waals surface area (Å²) in [7, 11) is 1.80. The van der Waals surface area contributed by atoms with E-state index >= 15 is 0 Å². The summed E-state index contributed by atoms with van der Waals surface area (Å²) in [6.45, 7) is 7.01. The topological polar surface area (TPSA) is 49.4 Å². The number of anilines is 1. The molecule has 0 aliphatic heterocycles. The van der Waals surface area contributed by atoms with Crippen molar-refractivity contribution in [2.45, 2.75) is 52.4 Å². The fourth-order valence-corrected chi connectivity index (χ4v) is 2.88. The molecule has 1 aromatic carbocycles. The lowest BCUT2D eigenvalue weighted by Crippen LogP contribution is -2.41. The Morgan fingerprint density at radius 3 is 2.48 bits per heavy atom. The fraction of sp³-hybridized carbons (Fsp3) is 0.579. The zero-order chi connectivity index (χ0) is 17.0. The molecule has 2 rings (SSSR count). The maximum absolute atomic E-state index is 12.7. The Morgan fingerprint density at radius 2 is 1.91 bits per heavy atom. The van der Waals surface area contributed by atoms with Crippen molar-refractivity contribution in [1.29, 1.82) is 0 Å². The van der Waals surface area contributed by atoms with Gasteiger partial charge in [-0.15, -0.1) is 0 Å². The van der Waals surface area contributed by atoms with Crippen LogP contribution in [0.25, 0.3) is 0 Å². The van der Waals surface area contributed by atoms with Crippen molar-refractivity contribution in [3.05, 3.63) is 29.8 Å². The molecule has 1 fully saturated rings. The Balaban J connectivity index is 2.10. The number of carbonyl (C=O) groups is 2. The van der Waals surface area contributed by atoms with Gasteiger partial charge in [0.1, 0.15) is 5.41 Å². The van der Waals surface area contributed by atoms with Crippen LogP contribution in [0.3, 0.4) is 0 Å². The van der Waals surface area contributed by atoms with Crippen LogP contribution in [0, 0.1) is 5.41 Å². The van der Waals surface area contributed by atoms with Crippen LogP contribution in [0.5, 0.6) is 0 Å². The lowest BCUT2D eigenvalue weighted by atomic mass is 9.99. The number of para-hydroxylation sites is 1. The van der Waals surface area contributed by atoms with Crippen molar-refractivity contribution in [2.24, 2.45) is 5.41 Å². The molecule has 0 atom stereocenters. The van der Waals surface area contributed by atoms with Crippen molar-refractivity contribution in [2.75, 3.05) is 18.9 Å². The Morgan fingerprint density at radius 1 is 1.26 bits per heavy atom. The predicted molar refractivity (Wildman–Crippen MR) is 93.4 cm³/mol. The monoisotopic (exact) mass is 316 g/mol. The van der Waals surface area contributed by atoms with Crippen molar-refractivity contribution in [3.63, 3.8) is 0 Å². The molecule has 2 amide bonds. The molecule has 1 aliphatic carbocycles. The maximum Gasteiger partial charge on any atom is 0.240 e. The average Bonchev–Trinajstić information content (AvgIpc) is 3.34. The SMILES string of the molecule is CCCCN(C)C(=O)C1(C(=O)Nc2ccccc2C(C)C)CC1. The number of hydrogen-bond donors (Lipinski definition) is 1. The van der Waals surface area contributed by atoms with Gasteiger partial charge in [0.25, 0.3) is 0 Å². The van der Waals surface area contributed by atoms with E-state index in [4.69, 9.17) is 0 Å². The summed E-state index contributed by atoms with van der Waals surface area (Å²) in [4.78, 5) is 27.1. The number of hydrogen-bond acceptors (Lipinski definition) is 2. The van der Waals surface area contributed by atoms with Gasteiger partial charge < -0.3 is 10.2 Å². The Hall–Kier alpha value is -1.84. The molecular weight excluding hydrogens is 288 g/mol. The number of unbranched alkanes of at least 4 members (excludes halogenated alkanes) is 1. The van der Waals surface area contributed by atoms with Crippen LogP contribution in [0.15, 0.2) is 24.3 Å². The number of nitrogens with one attached hydrogen (secondary N) is 1. The summed E-state index contributed by atoms with van der Waals surface area (Å²) in [6.07, 6.45) is 3.31. The third-order valence-electron chi connectivity index (χ3n) is 4.62. The van der Waals surface area contributed by atoms with E-state index in [1.165, 1.54) is 0 Å². The highest BCUT2D eigenvalue weighted by Crippen LogP contribution is 2.48. The lowest BCUT2D eigenvalue weighted by Gasteiger charge is -2.23. The molecule has 4 nitrogen and oxygen atoms in total. The largest absolute Gasteiger partial charge is 0.345 e. The van der Waals surface area contributed by atoms with Crippen LogP contribution in [0.1, 0.15) is 57.9 Å². The van der Waals surface area contributed by atoms with Gasteiger partial charge in [-0.05, 0) is 36.8 Å². The minimum Gasteiger partial charge on any atom is -0.345 e. The van der Waals surface area contributed by atoms with E-state index < -0.39 is 5.41 Å². The van der Waals surface area contributed by atoms with E-state index in [-0.39, 0.29) is 11.8 Å². The molecular formula is C19H28N2O2. The molecule has 0 saturated heterocycles. The van der Waals surface area contributed by atoms with Crippen molar-refractivity contribution < 1.29 is 9.59 Å². The maximum atomic E-state index is 12.7. The van der Waals surface area contributed by atoms with Gasteiger partial charge in [-0.3, -0.25) is 9.59 Å². The van der Waals surface area contributed by atoms with Gasteiger partial charge in [-0.2, -0.15) is 0 Å². The molecule has 1 aliphatic rings. The second kappa shape index (κ2) is 7.16. The minimum absolute atomic E-state index is 0.0366. The summed E-state index contributed by atoms with van der Waals surface area (Å²) in [6, 6.07) is 7.82. The summed E-state index contributed by atoms with van der Waals surface area (Å²) in [5.74, 6) is 0.133. The molecule has 126 valence electrons. The van der Waals surface area contributed by atoms with Gasteiger partial charge in [-0.1, -0.05) is 45.4 Å². The standard InChI is InChI=1S/C19H28N2O2/c1-5-6-13-21(4)18(23)19(11-12-19)17(22)20-16-10-8-7-9-15(16)14(2)3/h7-10,14H,5-6,11-13H2,1-4H3,(H,20,22). The fourth-order valence-electron chi connectivity index (χ4n) is 2.88. The van der Waals surface area contributed by atoms with E-state index in [0.29, 0.717) is 25.3 Å². The molecule has 0 heterocycles. The van der Waals surface area contributed by atoms with Gasteiger partial charge in [0.05, 0.1) is 0 Å². The minimum atomic E-state index is -0.841. The highest BCUT2D eigenvalue weighted by atomic mass is 16.2. The van der Waals surface area contributed by atoms with E-state index in [1.54, 1.807) is 11.9 Å². The molecule has 0 aromatic heterocycles. The first-order chi connectivity index (χ1) is 10.9. The summed E-state index contributed by atoms with van der Waals surface area (Å²) >= 11 is 0. The second-order valence-corrected chi connectivity index (χ2v) is 6.86. The second-order valence-electron chi connectivity index (χ2n) is 6.86. The number of benzene rings is 1. The predicted octanol–water partition coefficient (Wildman–Crippen LogP) is 3.79. The van der Waals surface area contributed by atoms with E-state index in [1.807, 2.05) is 24.3 Å². The highest BCUT2D eigenvalue weighted by molar-refractivity contribution is 6.13. The zero-order valence-electron chi connectivity index (χ0n) is 14.7. The van der Waals surface area contributed by atoms with Gasteiger partial charge in [0.2, 0.25) is 11.8 Å². The number of carbonyl (C=O) groups excluding carboxylic acids is 2. The molecule has 1 aromatic rings. The molecule has 1 saturated carbocycles. The Kier molecular flexibility index (Phi) is 5.45. The molecule has 0 unspecified atom stereocenters. The van der Waals surface area contributed by atoms with Crippen molar-refractivity contribution in [3.8, 4) is 0 Å². The summed E-state index contributed by atoms with van der Waals surface area (Å²) < 4.78 is 0. The van der Waals surface area contributed by atoms with Gasteiger partial charge in [-0.25, -0.2) is 0 Å². The number of nitrogens with zero attached hydrogens (tertiary/aromatic N) is 1. The molecule has 0 bridgehead atoms.